The number of nitrogens with one attached hydrogen (secondary N) is 1. The van der Waals surface area contributed by atoms with E-state index in [1.54, 1.807) is 19.3 Å². The van der Waals surface area contributed by atoms with Crippen LogP contribution in [-0.4, -0.2) is 20.2 Å². The number of Topliss-reactive ketones (excluding diaryl/α,β-unsaturated/α-hetero) is 1. The summed E-state index contributed by atoms with van der Waals surface area (Å²) in [5, 5.41) is 3.32. The molecule has 5 heteroatoms. The van der Waals surface area contributed by atoms with Crippen LogP contribution in [0.5, 0.6) is 0 Å². The quantitative estimate of drug-likeness (QED) is 0.548. The number of nitrogens with zero attached hydrogens (tertiary/aromatic N) is 3. The van der Waals surface area contributed by atoms with Crippen LogP contribution in [0, 0.1) is 6.92 Å². The molecular weight excluding hydrogens is 324 g/mol. The fourth-order valence-electron chi connectivity index (χ4n) is 2.89. The van der Waals surface area contributed by atoms with Crippen molar-refractivity contribution in [3.8, 4) is 11.3 Å². The van der Waals surface area contributed by atoms with Crippen LogP contribution in [0.25, 0.3) is 16.9 Å². The van der Waals surface area contributed by atoms with Gasteiger partial charge in [-0.3, -0.25) is 9.20 Å². The van der Waals surface area contributed by atoms with Crippen molar-refractivity contribution in [2.45, 2.75) is 13.8 Å². The number of rotatable bonds is 4. The van der Waals surface area contributed by atoms with Crippen LogP contribution in [0.15, 0.2) is 67.1 Å². The molecule has 0 spiro atoms. The zero-order valence-electron chi connectivity index (χ0n) is 14.6. The highest BCUT2D eigenvalue weighted by Crippen LogP contribution is 2.26. The summed E-state index contributed by atoms with van der Waals surface area (Å²) < 4.78 is 1.97. The summed E-state index contributed by atoms with van der Waals surface area (Å²) >= 11 is 0. The maximum absolute atomic E-state index is 11.7. The molecule has 0 bridgehead atoms. The molecule has 0 unspecified atom stereocenters. The van der Waals surface area contributed by atoms with Gasteiger partial charge < -0.3 is 5.32 Å². The van der Waals surface area contributed by atoms with Crippen LogP contribution in [0.4, 0.5) is 11.5 Å². The number of aryl methyl sites for hydroxylation is 1. The largest absolute Gasteiger partial charge is 0.337 e. The Labute approximate surface area is 151 Å². The topological polar surface area (TPSA) is 59.3 Å². The summed E-state index contributed by atoms with van der Waals surface area (Å²) in [6, 6.07) is 15.7. The molecule has 0 fully saturated rings. The number of fused-ring (bicyclic) bond motifs is 1. The molecule has 128 valence electrons. The van der Waals surface area contributed by atoms with E-state index in [0.29, 0.717) is 11.4 Å². The van der Waals surface area contributed by atoms with Gasteiger partial charge in [0, 0.05) is 29.2 Å². The van der Waals surface area contributed by atoms with Gasteiger partial charge in [0.15, 0.2) is 17.2 Å². The summed E-state index contributed by atoms with van der Waals surface area (Å²) in [4.78, 5) is 20.7. The molecule has 5 nitrogen and oxygen atoms in total. The van der Waals surface area contributed by atoms with Crippen molar-refractivity contribution in [1.29, 1.82) is 0 Å². The van der Waals surface area contributed by atoms with Gasteiger partial charge in [-0.05, 0) is 32.0 Å². The first-order chi connectivity index (χ1) is 12.6. The molecule has 4 aromatic rings. The third-order valence-electron chi connectivity index (χ3n) is 4.31. The highest BCUT2D eigenvalue weighted by atomic mass is 16.1. The molecule has 0 aliphatic rings. The zero-order valence-corrected chi connectivity index (χ0v) is 14.6. The van der Waals surface area contributed by atoms with Crippen LogP contribution >= 0.6 is 0 Å². The minimum absolute atomic E-state index is 0.0411. The number of benzene rings is 2. The average Bonchev–Trinajstić information content (AvgIpc) is 3.14. The van der Waals surface area contributed by atoms with Crippen LogP contribution in [0.3, 0.4) is 0 Å². The Hall–Kier alpha value is -3.47. The standard InChI is InChI=1S/C21H18N4O/c1-14-6-8-18(9-7-14)24-20-21-22-10-11-25(21)19(13-23-20)17-5-3-4-16(12-17)15(2)26/h3-13H,1-2H3,(H,23,24). The van der Waals surface area contributed by atoms with Crippen LogP contribution in [0.1, 0.15) is 22.8 Å². The first-order valence-corrected chi connectivity index (χ1v) is 8.39. The maximum Gasteiger partial charge on any atom is 0.180 e. The minimum Gasteiger partial charge on any atom is -0.337 e. The summed E-state index contributed by atoms with van der Waals surface area (Å²) in [7, 11) is 0. The molecule has 2 aromatic heterocycles. The van der Waals surface area contributed by atoms with Gasteiger partial charge in [-0.25, -0.2) is 9.97 Å². The summed E-state index contributed by atoms with van der Waals surface area (Å²) in [6.07, 6.45) is 5.44. The summed E-state index contributed by atoms with van der Waals surface area (Å²) in [5.74, 6) is 0.727. The van der Waals surface area contributed by atoms with Gasteiger partial charge in [-0.2, -0.15) is 0 Å². The fraction of sp³-hybridized carbons (Fsp3) is 0.0952. The molecule has 0 radical (unpaired) electrons. The number of carbonyl (C=O) groups excluding carboxylic acids is 1. The Bertz CT molecular complexity index is 1100. The summed E-state index contributed by atoms with van der Waals surface area (Å²) in [5.41, 5.74) is 5.38. The normalized spacial score (nSPS) is 10.8. The van der Waals surface area contributed by atoms with Crippen molar-refractivity contribution in [1.82, 2.24) is 14.4 Å². The lowest BCUT2D eigenvalue weighted by atomic mass is 10.1. The number of anilines is 2. The fourth-order valence-corrected chi connectivity index (χ4v) is 2.89. The molecule has 0 aliphatic heterocycles. The van der Waals surface area contributed by atoms with Crippen molar-refractivity contribution >= 4 is 22.9 Å². The number of hydrogen-bond donors (Lipinski definition) is 1. The van der Waals surface area contributed by atoms with E-state index in [0.717, 1.165) is 22.6 Å². The predicted molar refractivity (Wildman–Crippen MR) is 103 cm³/mol. The van der Waals surface area contributed by atoms with E-state index in [2.05, 4.69) is 22.2 Å². The first-order valence-electron chi connectivity index (χ1n) is 8.39. The van der Waals surface area contributed by atoms with E-state index in [9.17, 15) is 4.79 Å². The molecular formula is C21H18N4O. The number of carbonyl (C=O) groups is 1. The van der Waals surface area contributed by atoms with Crippen molar-refractivity contribution in [2.24, 2.45) is 0 Å². The van der Waals surface area contributed by atoms with Crippen molar-refractivity contribution < 1.29 is 4.79 Å². The SMILES string of the molecule is CC(=O)c1cccc(-c2cnc(Nc3ccc(C)cc3)c3nccn23)c1. The van der Waals surface area contributed by atoms with Gasteiger partial charge in [-0.1, -0.05) is 35.9 Å². The van der Waals surface area contributed by atoms with Gasteiger partial charge in [-0.15, -0.1) is 0 Å². The smallest absolute Gasteiger partial charge is 0.180 e. The Morgan fingerprint density at radius 3 is 2.65 bits per heavy atom. The molecule has 0 aliphatic carbocycles. The van der Waals surface area contributed by atoms with Gasteiger partial charge in [0.05, 0.1) is 11.9 Å². The third-order valence-corrected chi connectivity index (χ3v) is 4.31. The van der Waals surface area contributed by atoms with E-state index >= 15 is 0 Å². The summed E-state index contributed by atoms with van der Waals surface area (Å²) in [6.45, 7) is 3.62. The van der Waals surface area contributed by atoms with Crippen LogP contribution in [0.2, 0.25) is 0 Å². The number of aromatic nitrogens is 3. The van der Waals surface area contributed by atoms with Crippen LogP contribution < -0.4 is 5.32 Å². The lowest BCUT2D eigenvalue weighted by Crippen LogP contribution is -2.01. The number of imidazole rings is 1. The van der Waals surface area contributed by atoms with E-state index in [1.165, 1.54) is 5.56 Å². The Balaban J connectivity index is 1.77. The zero-order chi connectivity index (χ0) is 18.1. The molecule has 0 atom stereocenters. The van der Waals surface area contributed by atoms with Gasteiger partial charge in [0.2, 0.25) is 0 Å². The second kappa shape index (κ2) is 6.44. The second-order valence-corrected chi connectivity index (χ2v) is 6.24. The Morgan fingerprint density at radius 1 is 1.08 bits per heavy atom. The Kier molecular flexibility index (Phi) is 3.97. The van der Waals surface area contributed by atoms with Crippen LogP contribution in [-0.2, 0) is 0 Å². The molecule has 0 saturated heterocycles. The van der Waals surface area contributed by atoms with E-state index in [-0.39, 0.29) is 5.78 Å². The van der Waals surface area contributed by atoms with Crippen molar-refractivity contribution in [2.75, 3.05) is 5.32 Å². The predicted octanol–water partition coefficient (Wildman–Crippen LogP) is 4.65. The van der Waals surface area contributed by atoms with Gasteiger partial charge in [0.25, 0.3) is 0 Å². The lowest BCUT2D eigenvalue weighted by molar-refractivity contribution is 0.101. The molecule has 2 aromatic carbocycles. The second-order valence-electron chi connectivity index (χ2n) is 6.24. The monoisotopic (exact) mass is 342 g/mol. The average molecular weight is 342 g/mol. The number of hydrogen-bond acceptors (Lipinski definition) is 4. The highest BCUT2D eigenvalue weighted by molar-refractivity contribution is 5.95. The van der Waals surface area contributed by atoms with Gasteiger partial charge >= 0.3 is 0 Å². The maximum atomic E-state index is 11.7. The molecule has 0 saturated carbocycles. The lowest BCUT2D eigenvalue weighted by Gasteiger charge is -2.11. The minimum atomic E-state index is 0.0411. The van der Waals surface area contributed by atoms with E-state index in [4.69, 9.17) is 0 Å². The third kappa shape index (κ3) is 2.95. The Morgan fingerprint density at radius 2 is 1.88 bits per heavy atom. The first kappa shape index (κ1) is 16.0. The molecule has 2 heterocycles. The van der Waals surface area contributed by atoms with Crippen molar-refractivity contribution in [3.05, 3.63) is 78.2 Å². The molecule has 1 N–H and O–H groups in total. The van der Waals surface area contributed by atoms with Gasteiger partial charge in [0.1, 0.15) is 0 Å². The number of ketones is 1. The molecule has 26 heavy (non-hydrogen) atoms. The van der Waals surface area contributed by atoms with E-state index in [1.807, 2.05) is 59.1 Å². The highest BCUT2D eigenvalue weighted by Gasteiger charge is 2.11. The van der Waals surface area contributed by atoms with E-state index < -0.39 is 0 Å². The van der Waals surface area contributed by atoms with Crippen molar-refractivity contribution in [3.63, 3.8) is 0 Å². The molecule has 0 amide bonds. The molecule has 4 rings (SSSR count).